The highest BCUT2D eigenvalue weighted by atomic mass is 16.6. The molecule has 0 aromatic heterocycles. The number of rotatable bonds is 6. The zero-order chi connectivity index (χ0) is 19.3. The average Bonchev–Trinajstić information content (AvgIpc) is 2.54. The second-order valence-electron chi connectivity index (χ2n) is 6.40. The summed E-state index contributed by atoms with van der Waals surface area (Å²) in [6, 6.07) is 6.97. The number of nitro benzene ring substituents is 1. The summed E-state index contributed by atoms with van der Waals surface area (Å²) < 4.78 is 9.91. The third-order valence-corrected chi connectivity index (χ3v) is 3.44. The third-order valence-electron chi connectivity index (χ3n) is 3.44. The van der Waals surface area contributed by atoms with Crippen LogP contribution in [-0.2, 0) is 24.5 Å². The van der Waals surface area contributed by atoms with E-state index in [4.69, 9.17) is 4.74 Å². The van der Waals surface area contributed by atoms with E-state index in [2.05, 4.69) is 4.74 Å². The van der Waals surface area contributed by atoms with E-state index < -0.39 is 27.9 Å². The Balaban J connectivity index is 3.33. The minimum Gasteiger partial charge on any atom is -0.469 e. The molecule has 0 spiro atoms. The normalized spacial score (nSPS) is 13.2. The van der Waals surface area contributed by atoms with Crippen molar-refractivity contribution in [2.75, 3.05) is 7.11 Å². The molecule has 0 N–H and O–H groups in total. The van der Waals surface area contributed by atoms with Crippen molar-refractivity contribution in [3.05, 3.63) is 39.9 Å². The van der Waals surface area contributed by atoms with E-state index in [0.29, 0.717) is 0 Å². The smallest absolute Gasteiger partial charge is 0.331 e. The molecule has 0 saturated heterocycles. The molecule has 1 aromatic rings. The molecule has 0 fully saturated rings. The Labute approximate surface area is 145 Å². The van der Waals surface area contributed by atoms with Gasteiger partial charge in [-0.3, -0.25) is 14.9 Å². The van der Waals surface area contributed by atoms with Crippen LogP contribution in [-0.4, -0.2) is 29.6 Å². The Bertz CT molecular complexity index is 699. The van der Waals surface area contributed by atoms with Gasteiger partial charge in [0.05, 0.1) is 18.1 Å². The van der Waals surface area contributed by atoms with Crippen LogP contribution in [0.1, 0.15) is 39.2 Å². The zero-order valence-corrected chi connectivity index (χ0v) is 14.6. The summed E-state index contributed by atoms with van der Waals surface area (Å²) in [5.41, 5.74) is -2.56. The van der Waals surface area contributed by atoms with E-state index in [1.807, 2.05) is 6.07 Å². The maximum Gasteiger partial charge on any atom is 0.331 e. The molecule has 0 saturated carbocycles. The highest BCUT2D eigenvalue weighted by molar-refractivity contribution is 5.88. The van der Waals surface area contributed by atoms with Gasteiger partial charge in [-0.15, -0.1) is 0 Å². The molecule has 1 rings (SSSR count). The first kappa shape index (κ1) is 20.1. The van der Waals surface area contributed by atoms with Crippen LogP contribution in [0.25, 0.3) is 0 Å². The largest absolute Gasteiger partial charge is 0.469 e. The Hall–Kier alpha value is -2.95. The third kappa shape index (κ3) is 5.01. The van der Waals surface area contributed by atoms with E-state index >= 15 is 0 Å². The fourth-order valence-corrected chi connectivity index (χ4v) is 2.15. The number of hydrogen-bond acceptors (Lipinski definition) is 7. The van der Waals surface area contributed by atoms with Gasteiger partial charge in [-0.25, -0.2) is 4.79 Å². The van der Waals surface area contributed by atoms with Crippen LogP contribution in [0.2, 0.25) is 0 Å². The second-order valence-corrected chi connectivity index (χ2v) is 6.40. The van der Waals surface area contributed by atoms with Gasteiger partial charge in [-0.05, 0) is 32.8 Å². The molecule has 8 nitrogen and oxygen atoms in total. The minimum absolute atomic E-state index is 0.164. The van der Waals surface area contributed by atoms with Gasteiger partial charge in [-0.2, -0.15) is 5.26 Å². The predicted molar refractivity (Wildman–Crippen MR) is 87.5 cm³/mol. The number of carbonyl (C=O) groups is 2. The van der Waals surface area contributed by atoms with Crippen LogP contribution >= 0.6 is 0 Å². The first-order chi connectivity index (χ1) is 11.6. The molecule has 134 valence electrons. The molecule has 1 atom stereocenters. The molecule has 0 bridgehead atoms. The lowest BCUT2D eigenvalue weighted by Crippen LogP contribution is -2.40. The van der Waals surface area contributed by atoms with Gasteiger partial charge in [0.15, 0.2) is 5.41 Å². The number of esters is 2. The maximum atomic E-state index is 12.7. The van der Waals surface area contributed by atoms with Crippen molar-refractivity contribution in [2.45, 2.75) is 44.6 Å². The van der Waals surface area contributed by atoms with E-state index in [-0.39, 0.29) is 24.1 Å². The first-order valence-electron chi connectivity index (χ1n) is 7.52. The fourth-order valence-electron chi connectivity index (χ4n) is 2.15. The highest BCUT2D eigenvalue weighted by Gasteiger charge is 2.44. The lowest BCUT2D eigenvalue weighted by atomic mass is 9.77. The van der Waals surface area contributed by atoms with E-state index in [1.165, 1.54) is 31.4 Å². The summed E-state index contributed by atoms with van der Waals surface area (Å²) in [6.07, 6.45) is -0.344. The minimum atomic E-state index is -1.77. The summed E-state index contributed by atoms with van der Waals surface area (Å²) >= 11 is 0. The monoisotopic (exact) mass is 348 g/mol. The number of benzene rings is 1. The van der Waals surface area contributed by atoms with Crippen LogP contribution in [0.5, 0.6) is 0 Å². The molecule has 0 aliphatic heterocycles. The van der Waals surface area contributed by atoms with Crippen molar-refractivity contribution in [1.29, 1.82) is 5.26 Å². The summed E-state index contributed by atoms with van der Waals surface area (Å²) in [5, 5.41) is 20.5. The molecule has 0 radical (unpaired) electrons. The van der Waals surface area contributed by atoms with Crippen molar-refractivity contribution in [3.8, 4) is 6.07 Å². The number of methoxy groups -OCH3 is 1. The lowest BCUT2D eigenvalue weighted by Gasteiger charge is -2.29. The predicted octanol–water partition coefficient (Wildman–Crippen LogP) is 2.65. The standard InChI is InChI=1S/C17H20N2O6/c1-16(2,3)25-15(21)17(11-18,10-9-14(20)24-4)12-5-7-13(8-6-12)19(22)23/h5-8H,9-10H2,1-4H3. The van der Waals surface area contributed by atoms with Gasteiger partial charge in [0, 0.05) is 18.6 Å². The number of nitrogens with zero attached hydrogens (tertiary/aromatic N) is 2. The average molecular weight is 348 g/mol. The molecule has 8 heteroatoms. The molecule has 1 aromatic carbocycles. The molecular formula is C17H20N2O6. The van der Waals surface area contributed by atoms with Crippen LogP contribution in [0.4, 0.5) is 5.69 Å². The van der Waals surface area contributed by atoms with Gasteiger partial charge in [0.2, 0.25) is 0 Å². The van der Waals surface area contributed by atoms with E-state index in [9.17, 15) is 25.0 Å². The number of nitriles is 1. The SMILES string of the molecule is COC(=O)CCC(C#N)(C(=O)OC(C)(C)C)c1ccc([N+](=O)[O-])cc1. The Morgan fingerprint density at radius 1 is 1.24 bits per heavy atom. The first-order valence-corrected chi connectivity index (χ1v) is 7.52. The van der Waals surface area contributed by atoms with Crippen molar-refractivity contribution in [3.63, 3.8) is 0 Å². The number of ether oxygens (including phenoxy) is 2. The molecule has 1 unspecified atom stereocenters. The van der Waals surface area contributed by atoms with Gasteiger partial charge >= 0.3 is 11.9 Å². The number of non-ortho nitro benzene ring substituents is 1. The highest BCUT2D eigenvalue weighted by Crippen LogP contribution is 2.33. The molecule has 0 amide bonds. The van der Waals surface area contributed by atoms with Gasteiger partial charge in [-0.1, -0.05) is 12.1 Å². The topological polar surface area (TPSA) is 120 Å². The molecule has 25 heavy (non-hydrogen) atoms. The van der Waals surface area contributed by atoms with Crippen molar-refractivity contribution in [1.82, 2.24) is 0 Å². The van der Waals surface area contributed by atoms with Crippen LogP contribution in [0.15, 0.2) is 24.3 Å². The molecule has 0 aliphatic carbocycles. The van der Waals surface area contributed by atoms with Crippen LogP contribution in [0.3, 0.4) is 0 Å². The fraction of sp³-hybridized carbons (Fsp3) is 0.471. The summed E-state index contributed by atoms with van der Waals surface area (Å²) in [7, 11) is 1.20. The van der Waals surface area contributed by atoms with Crippen molar-refractivity contribution >= 4 is 17.6 Å². The van der Waals surface area contributed by atoms with Gasteiger partial charge in [0.25, 0.3) is 5.69 Å². The molecular weight excluding hydrogens is 328 g/mol. The summed E-state index contributed by atoms with van der Waals surface area (Å²) in [4.78, 5) is 34.4. The Morgan fingerprint density at radius 3 is 2.20 bits per heavy atom. The second kappa shape index (κ2) is 7.75. The van der Waals surface area contributed by atoms with E-state index in [0.717, 1.165) is 0 Å². The van der Waals surface area contributed by atoms with Crippen LogP contribution < -0.4 is 0 Å². The van der Waals surface area contributed by atoms with E-state index in [1.54, 1.807) is 20.8 Å². The summed E-state index contributed by atoms with van der Waals surface area (Å²) in [6.45, 7) is 4.97. The lowest BCUT2D eigenvalue weighted by molar-refractivity contribution is -0.384. The zero-order valence-electron chi connectivity index (χ0n) is 14.6. The van der Waals surface area contributed by atoms with Crippen molar-refractivity contribution < 1.29 is 24.0 Å². The van der Waals surface area contributed by atoms with Gasteiger partial charge < -0.3 is 9.47 Å². The number of carbonyl (C=O) groups excluding carboxylic acids is 2. The van der Waals surface area contributed by atoms with Gasteiger partial charge in [0.1, 0.15) is 5.60 Å². The summed E-state index contributed by atoms with van der Waals surface area (Å²) in [5.74, 6) is -1.40. The number of hydrogen-bond donors (Lipinski definition) is 0. The molecule has 0 heterocycles. The van der Waals surface area contributed by atoms with Crippen LogP contribution in [0, 0.1) is 21.4 Å². The quantitative estimate of drug-likeness (QED) is 0.440. The molecule has 0 aliphatic rings. The maximum absolute atomic E-state index is 12.7. The Kier molecular flexibility index (Phi) is 6.23. The van der Waals surface area contributed by atoms with Crippen molar-refractivity contribution in [2.24, 2.45) is 0 Å². The Morgan fingerprint density at radius 2 is 1.80 bits per heavy atom. The number of nitro groups is 1.